The van der Waals surface area contributed by atoms with Crippen LogP contribution in [-0.4, -0.2) is 35.6 Å². The maximum absolute atomic E-state index is 14.4. The molecule has 3 rings (SSSR count). The Labute approximate surface area is 119 Å². The third kappa shape index (κ3) is 2.64. The van der Waals surface area contributed by atoms with Crippen LogP contribution in [-0.2, 0) is 6.42 Å². The molecule has 0 saturated carbocycles. The molecular weight excluding hydrogens is 255 g/mol. The summed E-state index contributed by atoms with van der Waals surface area (Å²) in [6, 6.07) is 0.605. The Morgan fingerprint density at radius 2 is 2.25 bits per heavy atom. The molecule has 2 aliphatic heterocycles. The number of nitrogens with zero attached hydrogens (tertiary/aromatic N) is 3. The molecule has 2 atom stereocenters. The first kappa shape index (κ1) is 13.7. The molecule has 2 unspecified atom stereocenters. The van der Waals surface area contributed by atoms with Crippen LogP contribution in [0.5, 0.6) is 0 Å². The van der Waals surface area contributed by atoms with Gasteiger partial charge in [-0.15, -0.1) is 0 Å². The largest absolute Gasteiger partial charge is 0.354 e. The summed E-state index contributed by atoms with van der Waals surface area (Å²) in [7, 11) is 0. The van der Waals surface area contributed by atoms with Crippen molar-refractivity contribution in [2.45, 2.75) is 45.1 Å². The van der Waals surface area contributed by atoms with Crippen LogP contribution in [0.15, 0.2) is 6.33 Å². The fraction of sp³-hybridized carbons (Fsp3) is 0.733. The van der Waals surface area contributed by atoms with Gasteiger partial charge in [0.15, 0.2) is 11.6 Å². The van der Waals surface area contributed by atoms with Gasteiger partial charge in [0, 0.05) is 19.1 Å². The molecule has 3 heterocycles. The van der Waals surface area contributed by atoms with Gasteiger partial charge in [-0.25, -0.2) is 14.4 Å². The van der Waals surface area contributed by atoms with Crippen molar-refractivity contribution in [2.24, 2.45) is 5.92 Å². The smallest absolute Gasteiger partial charge is 0.187 e. The zero-order chi connectivity index (χ0) is 13.9. The lowest BCUT2D eigenvalue weighted by Crippen LogP contribution is -2.44. The molecule has 0 amide bonds. The molecule has 0 aromatic carbocycles. The van der Waals surface area contributed by atoms with E-state index in [-0.39, 0.29) is 5.82 Å². The van der Waals surface area contributed by atoms with Gasteiger partial charge in [0.1, 0.15) is 6.33 Å². The molecule has 0 spiro atoms. The highest BCUT2D eigenvalue weighted by molar-refractivity contribution is 5.41. The average molecular weight is 278 g/mol. The van der Waals surface area contributed by atoms with Crippen LogP contribution in [0.4, 0.5) is 10.2 Å². The Kier molecular flexibility index (Phi) is 4.15. The first-order valence-electron chi connectivity index (χ1n) is 7.77. The summed E-state index contributed by atoms with van der Waals surface area (Å²) in [6.07, 6.45) is 6.99. The lowest BCUT2D eigenvalue weighted by atomic mass is 9.90. The fourth-order valence-corrected chi connectivity index (χ4v) is 3.51. The molecule has 1 N–H and O–H groups in total. The van der Waals surface area contributed by atoms with E-state index in [0.29, 0.717) is 29.9 Å². The number of hydrogen-bond donors (Lipinski definition) is 1. The van der Waals surface area contributed by atoms with E-state index in [9.17, 15) is 4.39 Å². The summed E-state index contributed by atoms with van der Waals surface area (Å²) in [4.78, 5) is 10.3. The van der Waals surface area contributed by atoms with E-state index in [1.54, 1.807) is 0 Å². The monoisotopic (exact) mass is 278 g/mol. The van der Waals surface area contributed by atoms with Gasteiger partial charge in [0.2, 0.25) is 0 Å². The van der Waals surface area contributed by atoms with Crippen LogP contribution in [0.2, 0.25) is 0 Å². The van der Waals surface area contributed by atoms with Gasteiger partial charge >= 0.3 is 0 Å². The zero-order valence-electron chi connectivity index (χ0n) is 12.1. The van der Waals surface area contributed by atoms with Crippen LogP contribution < -0.4 is 10.2 Å². The topological polar surface area (TPSA) is 41.1 Å². The highest BCUT2D eigenvalue weighted by Crippen LogP contribution is 2.28. The highest BCUT2D eigenvalue weighted by atomic mass is 19.1. The minimum absolute atomic E-state index is 0.227. The number of rotatable bonds is 3. The molecule has 2 aliphatic rings. The molecule has 20 heavy (non-hydrogen) atoms. The molecular formula is C15H23FN4. The van der Waals surface area contributed by atoms with E-state index in [1.165, 1.54) is 25.6 Å². The van der Waals surface area contributed by atoms with Gasteiger partial charge < -0.3 is 10.2 Å². The normalized spacial score (nSPS) is 27.0. The molecule has 1 aromatic rings. The van der Waals surface area contributed by atoms with Crippen molar-refractivity contribution < 1.29 is 4.39 Å². The number of anilines is 1. The van der Waals surface area contributed by atoms with E-state index >= 15 is 0 Å². The standard InChI is InChI=1S/C15H23FN4/c1-2-12-14(16)15(19-10-18-12)20-8-4-5-11(9-20)13-6-3-7-17-13/h10-11,13,17H,2-9H2,1H3. The molecule has 2 fully saturated rings. The van der Waals surface area contributed by atoms with Gasteiger partial charge in [0.25, 0.3) is 0 Å². The van der Waals surface area contributed by atoms with E-state index in [2.05, 4.69) is 20.2 Å². The lowest BCUT2D eigenvalue weighted by Gasteiger charge is -2.36. The quantitative estimate of drug-likeness (QED) is 0.920. The minimum Gasteiger partial charge on any atom is -0.354 e. The number of nitrogens with one attached hydrogen (secondary N) is 1. The van der Waals surface area contributed by atoms with Crippen molar-refractivity contribution in [1.29, 1.82) is 0 Å². The zero-order valence-corrected chi connectivity index (χ0v) is 12.1. The molecule has 110 valence electrons. The summed E-state index contributed by atoms with van der Waals surface area (Å²) in [5.41, 5.74) is 0.524. The molecule has 0 radical (unpaired) electrons. The Bertz CT molecular complexity index is 459. The maximum atomic E-state index is 14.4. The Balaban J connectivity index is 1.76. The van der Waals surface area contributed by atoms with E-state index in [4.69, 9.17) is 0 Å². The average Bonchev–Trinajstić information content (AvgIpc) is 3.02. The van der Waals surface area contributed by atoms with Crippen LogP contribution in [0, 0.1) is 11.7 Å². The summed E-state index contributed by atoms with van der Waals surface area (Å²) < 4.78 is 14.4. The third-order valence-corrected chi connectivity index (χ3v) is 4.60. The van der Waals surface area contributed by atoms with Gasteiger partial charge in [0.05, 0.1) is 5.69 Å². The van der Waals surface area contributed by atoms with Gasteiger partial charge in [-0.2, -0.15) is 0 Å². The van der Waals surface area contributed by atoms with E-state index in [1.807, 2.05) is 6.92 Å². The van der Waals surface area contributed by atoms with Crippen molar-refractivity contribution in [2.75, 3.05) is 24.5 Å². The third-order valence-electron chi connectivity index (χ3n) is 4.60. The van der Waals surface area contributed by atoms with E-state index < -0.39 is 0 Å². The van der Waals surface area contributed by atoms with Crippen LogP contribution in [0.25, 0.3) is 0 Å². The summed E-state index contributed by atoms with van der Waals surface area (Å²) in [6.45, 7) is 4.87. The summed E-state index contributed by atoms with van der Waals surface area (Å²) in [5, 5.41) is 3.58. The van der Waals surface area contributed by atoms with Crippen LogP contribution >= 0.6 is 0 Å². The van der Waals surface area contributed by atoms with Gasteiger partial charge in [-0.3, -0.25) is 0 Å². The predicted octanol–water partition coefficient (Wildman–Crippen LogP) is 2.15. The Morgan fingerprint density at radius 3 is 3.00 bits per heavy atom. The molecule has 0 aliphatic carbocycles. The Hall–Kier alpha value is -1.23. The van der Waals surface area contributed by atoms with Crippen molar-refractivity contribution in [3.63, 3.8) is 0 Å². The van der Waals surface area contributed by atoms with Crippen LogP contribution in [0.3, 0.4) is 0 Å². The first-order valence-corrected chi connectivity index (χ1v) is 7.77. The number of aromatic nitrogens is 2. The van der Waals surface area contributed by atoms with Crippen LogP contribution in [0.1, 0.15) is 38.3 Å². The Morgan fingerprint density at radius 1 is 1.35 bits per heavy atom. The molecule has 0 bridgehead atoms. The number of piperidine rings is 1. The second-order valence-electron chi connectivity index (χ2n) is 5.86. The molecule has 2 saturated heterocycles. The van der Waals surface area contributed by atoms with Crippen molar-refractivity contribution in [3.05, 3.63) is 17.8 Å². The molecule has 1 aromatic heterocycles. The summed E-state index contributed by atoms with van der Waals surface area (Å²) in [5.74, 6) is 0.889. The van der Waals surface area contributed by atoms with Crippen molar-refractivity contribution in [1.82, 2.24) is 15.3 Å². The number of aryl methyl sites for hydroxylation is 1. The minimum atomic E-state index is -0.227. The SMILES string of the molecule is CCc1ncnc(N2CCCC(C3CCCN3)C2)c1F. The summed E-state index contributed by atoms with van der Waals surface area (Å²) >= 11 is 0. The molecule has 5 heteroatoms. The second kappa shape index (κ2) is 6.04. The predicted molar refractivity (Wildman–Crippen MR) is 77.3 cm³/mol. The molecule has 4 nitrogen and oxygen atoms in total. The van der Waals surface area contributed by atoms with E-state index in [0.717, 1.165) is 26.1 Å². The number of hydrogen-bond acceptors (Lipinski definition) is 4. The fourth-order valence-electron chi connectivity index (χ4n) is 3.51. The van der Waals surface area contributed by atoms with Gasteiger partial charge in [-0.05, 0) is 44.6 Å². The second-order valence-corrected chi connectivity index (χ2v) is 5.86. The first-order chi connectivity index (χ1) is 9.79. The number of halogens is 1. The maximum Gasteiger partial charge on any atom is 0.187 e. The van der Waals surface area contributed by atoms with Crippen molar-refractivity contribution >= 4 is 5.82 Å². The highest BCUT2D eigenvalue weighted by Gasteiger charge is 2.30. The lowest BCUT2D eigenvalue weighted by molar-refractivity contribution is 0.326. The van der Waals surface area contributed by atoms with Gasteiger partial charge in [-0.1, -0.05) is 6.92 Å². The van der Waals surface area contributed by atoms with Crippen molar-refractivity contribution in [3.8, 4) is 0 Å².